The van der Waals surface area contributed by atoms with E-state index in [0.29, 0.717) is 0 Å². The predicted molar refractivity (Wildman–Crippen MR) is 63.6 cm³/mol. The van der Waals surface area contributed by atoms with Gasteiger partial charge in [-0.1, -0.05) is 12.1 Å². The third-order valence-corrected chi connectivity index (χ3v) is 2.44. The summed E-state index contributed by atoms with van der Waals surface area (Å²) >= 11 is 0. The third kappa shape index (κ3) is 4.04. The molecule has 0 fully saturated rings. The van der Waals surface area contributed by atoms with Crippen LogP contribution in [0.2, 0.25) is 0 Å². The van der Waals surface area contributed by atoms with Gasteiger partial charge in [0, 0.05) is 0 Å². The average molecular weight is 254 g/mol. The summed E-state index contributed by atoms with van der Waals surface area (Å²) in [5, 5.41) is 13.5. The van der Waals surface area contributed by atoms with E-state index in [2.05, 4.69) is 10.6 Å². The maximum absolute atomic E-state index is 12.7. The summed E-state index contributed by atoms with van der Waals surface area (Å²) in [7, 11) is 0. The van der Waals surface area contributed by atoms with E-state index in [1.165, 1.54) is 19.1 Å². The molecule has 0 aliphatic carbocycles. The Morgan fingerprint density at radius 1 is 1.17 bits per heavy atom. The number of hydrogen-bond acceptors (Lipinski definition) is 2. The molecule has 0 aliphatic heterocycles. The van der Waals surface area contributed by atoms with E-state index in [9.17, 15) is 14.0 Å². The lowest BCUT2D eigenvalue weighted by Gasteiger charge is -2.16. The second-order valence-electron chi connectivity index (χ2n) is 3.95. The van der Waals surface area contributed by atoms with Crippen molar-refractivity contribution in [2.45, 2.75) is 25.9 Å². The lowest BCUT2D eigenvalue weighted by molar-refractivity contribution is -0.138. The van der Waals surface area contributed by atoms with Crippen molar-refractivity contribution in [3.8, 4) is 0 Å². The largest absolute Gasteiger partial charge is 0.480 e. The van der Waals surface area contributed by atoms with Crippen molar-refractivity contribution < 1.29 is 19.1 Å². The number of carboxylic acid groups (broad SMARTS) is 1. The Bertz CT molecular complexity index is 433. The molecule has 0 radical (unpaired) electrons. The molecule has 1 aromatic rings. The van der Waals surface area contributed by atoms with Gasteiger partial charge in [0.15, 0.2) is 0 Å². The van der Waals surface area contributed by atoms with Crippen molar-refractivity contribution >= 4 is 12.0 Å². The number of benzene rings is 1. The number of urea groups is 1. The van der Waals surface area contributed by atoms with Gasteiger partial charge < -0.3 is 15.7 Å². The maximum Gasteiger partial charge on any atom is 0.325 e. The summed E-state index contributed by atoms with van der Waals surface area (Å²) in [6, 6.07) is 3.82. The molecule has 5 nitrogen and oxygen atoms in total. The Hall–Kier alpha value is -2.11. The normalized spacial score (nSPS) is 13.5. The van der Waals surface area contributed by atoms with Gasteiger partial charge in [0.05, 0.1) is 6.04 Å². The number of rotatable bonds is 4. The number of amides is 2. The molecule has 1 aromatic carbocycles. The van der Waals surface area contributed by atoms with Crippen molar-refractivity contribution in [2.75, 3.05) is 0 Å². The molecule has 0 saturated carbocycles. The smallest absolute Gasteiger partial charge is 0.325 e. The average Bonchev–Trinajstić information content (AvgIpc) is 2.29. The van der Waals surface area contributed by atoms with Gasteiger partial charge in [-0.05, 0) is 31.5 Å². The topological polar surface area (TPSA) is 78.4 Å². The third-order valence-electron chi connectivity index (χ3n) is 2.44. The van der Waals surface area contributed by atoms with Gasteiger partial charge in [-0.2, -0.15) is 0 Å². The minimum absolute atomic E-state index is 0.341. The van der Waals surface area contributed by atoms with Gasteiger partial charge in [0.25, 0.3) is 0 Å². The van der Waals surface area contributed by atoms with E-state index in [-0.39, 0.29) is 11.9 Å². The number of aliphatic carboxylic acids is 1. The molecule has 2 unspecified atom stereocenters. The standard InChI is InChI=1S/C12H15FN2O3/c1-7(9-3-5-10(13)6-4-9)14-12(18)15-8(2)11(16)17/h3-8H,1-2H3,(H,16,17)(H2,14,15,18). The highest BCUT2D eigenvalue weighted by molar-refractivity contribution is 5.82. The van der Waals surface area contributed by atoms with Crippen LogP contribution < -0.4 is 10.6 Å². The fourth-order valence-corrected chi connectivity index (χ4v) is 1.33. The molecule has 0 heterocycles. The first kappa shape index (κ1) is 14.0. The SMILES string of the molecule is CC(NC(=O)NC(C)c1ccc(F)cc1)C(=O)O. The maximum atomic E-state index is 12.7. The number of hydrogen-bond donors (Lipinski definition) is 3. The number of carbonyl (C=O) groups is 2. The number of carboxylic acids is 1. The van der Waals surface area contributed by atoms with E-state index in [1.54, 1.807) is 19.1 Å². The summed E-state index contributed by atoms with van der Waals surface area (Å²) in [6.07, 6.45) is 0. The van der Waals surface area contributed by atoms with Crippen LogP contribution in [0.3, 0.4) is 0 Å². The van der Waals surface area contributed by atoms with E-state index in [1.807, 2.05) is 0 Å². The highest BCUT2D eigenvalue weighted by atomic mass is 19.1. The van der Waals surface area contributed by atoms with E-state index >= 15 is 0 Å². The molecule has 6 heteroatoms. The quantitative estimate of drug-likeness (QED) is 0.764. The molecular formula is C12H15FN2O3. The lowest BCUT2D eigenvalue weighted by atomic mass is 10.1. The Balaban J connectivity index is 2.54. The van der Waals surface area contributed by atoms with E-state index in [0.717, 1.165) is 5.56 Å². The molecule has 0 aliphatic rings. The van der Waals surface area contributed by atoms with Crippen LogP contribution in [0.15, 0.2) is 24.3 Å². The first-order valence-corrected chi connectivity index (χ1v) is 5.45. The minimum Gasteiger partial charge on any atom is -0.480 e. The summed E-state index contributed by atoms with van der Waals surface area (Å²) in [5.41, 5.74) is 0.731. The fraction of sp³-hybridized carbons (Fsp3) is 0.333. The first-order valence-electron chi connectivity index (χ1n) is 5.45. The van der Waals surface area contributed by atoms with Gasteiger partial charge >= 0.3 is 12.0 Å². The molecule has 2 amide bonds. The molecule has 1 rings (SSSR count). The van der Waals surface area contributed by atoms with Crippen LogP contribution in [0.25, 0.3) is 0 Å². The molecular weight excluding hydrogens is 239 g/mol. The number of nitrogens with one attached hydrogen (secondary N) is 2. The van der Waals surface area contributed by atoms with Crippen molar-refractivity contribution in [3.63, 3.8) is 0 Å². The van der Waals surface area contributed by atoms with Crippen LogP contribution in [0.4, 0.5) is 9.18 Å². The Morgan fingerprint density at radius 3 is 2.22 bits per heavy atom. The van der Waals surface area contributed by atoms with E-state index < -0.39 is 18.0 Å². The monoisotopic (exact) mass is 254 g/mol. The minimum atomic E-state index is -1.11. The Labute approximate surface area is 104 Å². The summed E-state index contributed by atoms with van der Waals surface area (Å²) < 4.78 is 12.7. The zero-order valence-electron chi connectivity index (χ0n) is 10.1. The van der Waals surface area contributed by atoms with Gasteiger partial charge in [0.2, 0.25) is 0 Å². The summed E-state index contributed by atoms with van der Waals surface area (Å²) in [4.78, 5) is 22.0. The van der Waals surface area contributed by atoms with Crippen LogP contribution in [0.1, 0.15) is 25.5 Å². The van der Waals surface area contributed by atoms with Crippen LogP contribution in [0.5, 0.6) is 0 Å². The number of halogens is 1. The molecule has 2 atom stereocenters. The molecule has 98 valence electrons. The second kappa shape index (κ2) is 6.00. The molecule has 3 N–H and O–H groups in total. The Morgan fingerprint density at radius 2 is 1.72 bits per heavy atom. The highest BCUT2D eigenvalue weighted by Gasteiger charge is 2.15. The lowest BCUT2D eigenvalue weighted by Crippen LogP contribution is -2.45. The van der Waals surface area contributed by atoms with Gasteiger partial charge in [-0.25, -0.2) is 9.18 Å². The van der Waals surface area contributed by atoms with Crippen LogP contribution in [-0.4, -0.2) is 23.1 Å². The van der Waals surface area contributed by atoms with Crippen molar-refractivity contribution in [2.24, 2.45) is 0 Å². The first-order chi connectivity index (χ1) is 8.40. The van der Waals surface area contributed by atoms with E-state index in [4.69, 9.17) is 5.11 Å². The van der Waals surface area contributed by atoms with Crippen molar-refractivity contribution in [3.05, 3.63) is 35.6 Å². The Kier molecular flexibility index (Phi) is 4.65. The molecule has 0 bridgehead atoms. The second-order valence-corrected chi connectivity index (χ2v) is 3.95. The van der Waals surface area contributed by atoms with Crippen LogP contribution in [0, 0.1) is 5.82 Å². The summed E-state index contributed by atoms with van der Waals surface area (Å²) in [6.45, 7) is 3.09. The zero-order valence-corrected chi connectivity index (χ0v) is 10.1. The van der Waals surface area contributed by atoms with Crippen molar-refractivity contribution in [1.82, 2.24) is 10.6 Å². The van der Waals surface area contributed by atoms with Crippen LogP contribution in [-0.2, 0) is 4.79 Å². The molecule has 0 saturated heterocycles. The zero-order chi connectivity index (χ0) is 13.7. The van der Waals surface area contributed by atoms with Gasteiger partial charge in [-0.3, -0.25) is 4.79 Å². The molecule has 0 aromatic heterocycles. The van der Waals surface area contributed by atoms with Gasteiger partial charge in [-0.15, -0.1) is 0 Å². The fourth-order valence-electron chi connectivity index (χ4n) is 1.33. The predicted octanol–water partition coefficient (Wildman–Crippen LogP) is 1.66. The molecule has 18 heavy (non-hydrogen) atoms. The van der Waals surface area contributed by atoms with Gasteiger partial charge in [0.1, 0.15) is 11.9 Å². The summed E-state index contributed by atoms with van der Waals surface area (Å²) in [5.74, 6) is -1.46. The number of carbonyl (C=O) groups excluding carboxylic acids is 1. The highest BCUT2D eigenvalue weighted by Crippen LogP contribution is 2.12. The van der Waals surface area contributed by atoms with Crippen molar-refractivity contribution in [1.29, 1.82) is 0 Å². The molecule has 0 spiro atoms. The van der Waals surface area contributed by atoms with Crippen LogP contribution >= 0.6 is 0 Å².